The van der Waals surface area contributed by atoms with Crippen molar-refractivity contribution in [3.05, 3.63) is 23.8 Å². The molecule has 2 rings (SSSR count). The minimum atomic E-state index is -0.0399. The molecule has 1 aromatic carbocycles. The van der Waals surface area contributed by atoms with Crippen LogP contribution in [0.25, 0.3) is 0 Å². The van der Waals surface area contributed by atoms with Gasteiger partial charge in [-0.15, -0.1) is 0 Å². The smallest absolute Gasteiger partial charge is 0.251 e. The molecule has 4 heteroatoms. The standard InChI is InChI=1S/C17H25NO3/c1-11-6-5-7-14(12(11)2)18-17(19)13-8-9-15(20-3)16(10-13)21-4/h8-12,14H,5-7H2,1-4H3,(H,18,19)/t11-,12+,14-/m0/s1. The van der Waals surface area contributed by atoms with Crippen molar-refractivity contribution in [2.45, 2.75) is 39.2 Å². The summed E-state index contributed by atoms with van der Waals surface area (Å²) < 4.78 is 10.4. The zero-order valence-corrected chi connectivity index (χ0v) is 13.3. The number of carbonyl (C=O) groups excluding carboxylic acids is 1. The zero-order valence-electron chi connectivity index (χ0n) is 13.3. The van der Waals surface area contributed by atoms with Gasteiger partial charge in [0, 0.05) is 11.6 Å². The molecule has 1 aromatic rings. The van der Waals surface area contributed by atoms with Crippen molar-refractivity contribution in [3.63, 3.8) is 0 Å². The van der Waals surface area contributed by atoms with Crippen molar-refractivity contribution in [1.82, 2.24) is 5.32 Å². The zero-order chi connectivity index (χ0) is 15.4. The van der Waals surface area contributed by atoms with E-state index in [1.807, 2.05) is 0 Å². The Kier molecular flexibility index (Phi) is 5.10. The first-order valence-electron chi connectivity index (χ1n) is 7.59. The largest absolute Gasteiger partial charge is 0.493 e. The number of rotatable bonds is 4. The minimum Gasteiger partial charge on any atom is -0.493 e. The molecule has 0 heterocycles. The number of amides is 1. The van der Waals surface area contributed by atoms with Gasteiger partial charge in [0.2, 0.25) is 0 Å². The highest BCUT2D eigenvalue weighted by Gasteiger charge is 2.28. The van der Waals surface area contributed by atoms with Crippen molar-refractivity contribution in [1.29, 1.82) is 0 Å². The highest BCUT2D eigenvalue weighted by molar-refractivity contribution is 5.95. The van der Waals surface area contributed by atoms with E-state index in [4.69, 9.17) is 9.47 Å². The van der Waals surface area contributed by atoms with E-state index in [1.54, 1.807) is 32.4 Å². The number of ether oxygens (including phenoxy) is 2. The van der Waals surface area contributed by atoms with Crippen LogP contribution in [0.1, 0.15) is 43.5 Å². The fourth-order valence-corrected chi connectivity index (χ4v) is 3.01. The molecule has 1 N–H and O–H groups in total. The van der Waals surface area contributed by atoms with Crippen molar-refractivity contribution in [2.75, 3.05) is 14.2 Å². The van der Waals surface area contributed by atoms with Gasteiger partial charge in [-0.05, 0) is 36.5 Å². The monoisotopic (exact) mass is 291 g/mol. The number of carbonyl (C=O) groups is 1. The van der Waals surface area contributed by atoms with E-state index in [0.29, 0.717) is 28.9 Å². The van der Waals surface area contributed by atoms with Crippen LogP contribution in [0, 0.1) is 11.8 Å². The van der Waals surface area contributed by atoms with Gasteiger partial charge in [0.25, 0.3) is 5.91 Å². The number of nitrogens with one attached hydrogen (secondary N) is 1. The van der Waals surface area contributed by atoms with Gasteiger partial charge in [-0.1, -0.05) is 26.7 Å². The second kappa shape index (κ2) is 6.83. The van der Waals surface area contributed by atoms with Crippen LogP contribution in [-0.4, -0.2) is 26.2 Å². The van der Waals surface area contributed by atoms with Crippen LogP contribution in [0.5, 0.6) is 11.5 Å². The molecule has 0 radical (unpaired) electrons. The number of hydrogen-bond donors (Lipinski definition) is 1. The van der Waals surface area contributed by atoms with Gasteiger partial charge < -0.3 is 14.8 Å². The summed E-state index contributed by atoms with van der Waals surface area (Å²) in [5.41, 5.74) is 0.609. The molecule has 1 saturated carbocycles. The van der Waals surface area contributed by atoms with Gasteiger partial charge in [-0.3, -0.25) is 4.79 Å². The van der Waals surface area contributed by atoms with Gasteiger partial charge in [0.15, 0.2) is 11.5 Å². The lowest BCUT2D eigenvalue weighted by atomic mass is 9.78. The van der Waals surface area contributed by atoms with Crippen LogP contribution >= 0.6 is 0 Å². The van der Waals surface area contributed by atoms with Gasteiger partial charge in [0.05, 0.1) is 14.2 Å². The molecule has 1 fully saturated rings. The third-order valence-corrected chi connectivity index (χ3v) is 4.67. The molecule has 0 spiro atoms. The average molecular weight is 291 g/mol. The molecule has 1 aliphatic rings. The maximum Gasteiger partial charge on any atom is 0.251 e. The van der Waals surface area contributed by atoms with E-state index in [9.17, 15) is 4.79 Å². The Balaban J connectivity index is 2.09. The predicted molar refractivity (Wildman–Crippen MR) is 83.0 cm³/mol. The lowest BCUT2D eigenvalue weighted by molar-refractivity contribution is 0.0890. The van der Waals surface area contributed by atoms with Crippen molar-refractivity contribution < 1.29 is 14.3 Å². The van der Waals surface area contributed by atoms with Crippen molar-refractivity contribution in [3.8, 4) is 11.5 Å². The first-order valence-corrected chi connectivity index (χ1v) is 7.59. The quantitative estimate of drug-likeness (QED) is 0.926. The van der Waals surface area contributed by atoms with Crippen LogP contribution in [0.15, 0.2) is 18.2 Å². The molecular weight excluding hydrogens is 266 g/mol. The van der Waals surface area contributed by atoms with E-state index in [-0.39, 0.29) is 11.9 Å². The van der Waals surface area contributed by atoms with Crippen LogP contribution < -0.4 is 14.8 Å². The van der Waals surface area contributed by atoms with Crippen molar-refractivity contribution in [2.24, 2.45) is 11.8 Å². The summed E-state index contributed by atoms with van der Waals surface area (Å²) in [4.78, 5) is 12.4. The summed E-state index contributed by atoms with van der Waals surface area (Å²) in [7, 11) is 3.16. The molecule has 116 valence electrons. The molecule has 1 amide bonds. The van der Waals surface area contributed by atoms with E-state index in [2.05, 4.69) is 19.2 Å². The van der Waals surface area contributed by atoms with Gasteiger partial charge in [-0.2, -0.15) is 0 Å². The average Bonchev–Trinajstić information content (AvgIpc) is 2.51. The Morgan fingerprint density at radius 2 is 1.86 bits per heavy atom. The second-order valence-electron chi connectivity index (χ2n) is 5.92. The Bertz CT molecular complexity index is 501. The van der Waals surface area contributed by atoms with Crippen LogP contribution in [0.4, 0.5) is 0 Å². The molecule has 1 aliphatic carbocycles. The molecule has 0 aliphatic heterocycles. The number of hydrogen-bond acceptors (Lipinski definition) is 3. The predicted octanol–water partition coefficient (Wildman–Crippen LogP) is 3.26. The Morgan fingerprint density at radius 1 is 1.14 bits per heavy atom. The van der Waals surface area contributed by atoms with Crippen LogP contribution in [0.3, 0.4) is 0 Å². The topological polar surface area (TPSA) is 47.6 Å². The lowest BCUT2D eigenvalue weighted by Crippen LogP contribution is -2.43. The number of benzene rings is 1. The Morgan fingerprint density at radius 3 is 2.52 bits per heavy atom. The fourth-order valence-electron chi connectivity index (χ4n) is 3.01. The summed E-state index contributed by atoms with van der Waals surface area (Å²) in [5, 5.41) is 3.17. The van der Waals surface area contributed by atoms with Gasteiger partial charge >= 0.3 is 0 Å². The SMILES string of the molecule is COc1ccc(C(=O)N[C@H]2CCC[C@H](C)[C@H]2C)cc1OC. The first-order chi connectivity index (χ1) is 10.1. The number of methoxy groups -OCH3 is 2. The third kappa shape index (κ3) is 3.49. The minimum absolute atomic E-state index is 0.0399. The van der Waals surface area contributed by atoms with Crippen molar-refractivity contribution >= 4 is 5.91 Å². The molecule has 0 bridgehead atoms. The maximum atomic E-state index is 12.4. The molecular formula is C17H25NO3. The molecule has 0 saturated heterocycles. The first kappa shape index (κ1) is 15.7. The highest BCUT2D eigenvalue weighted by atomic mass is 16.5. The summed E-state index contributed by atoms with van der Waals surface area (Å²) in [6.07, 6.45) is 3.50. The van der Waals surface area contributed by atoms with Gasteiger partial charge in [-0.25, -0.2) is 0 Å². The van der Waals surface area contributed by atoms with Crippen LogP contribution in [0.2, 0.25) is 0 Å². The molecule has 0 unspecified atom stereocenters. The molecule has 0 aromatic heterocycles. The van der Waals surface area contributed by atoms with E-state index in [1.165, 1.54) is 12.8 Å². The van der Waals surface area contributed by atoms with E-state index >= 15 is 0 Å². The summed E-state index contributed by atoms with van der Waals surface area (Å²) in [5.74, 6) is 2.35. The van der Waals surface area contributed by atoms with E-state index < -0.39 is 0 Å². The normalized spacial score (nSPS) is 25.2. The molecule has 3 atom stereocenters. The summed E-state index contributed by atoms with van der Waals surface area (Å²) in [6.45, 7) is 4.49. The highest BCUT2D eigenvalue weighted by Crippen LogP contribution is 2.30. The maximum absolute atomic E-state index is 12.4. The van der Waals surface area contributed by atoms with Gasteiger partial charge in [0.1, 0.15) is 0 Å². The summed E-state index contributed by atoms with van der Waals surface area (Å²) >= 11 is 0. The van der Waals surface area contributed by atoms with E-state index in [0.717, 1.165) is 6.42 Å². The third-order valence-electron chi connectivity index (χ3n) is 4.67. The lowest BCUT2D eigenvalue weighted by Gasteiger charge is -2.34. The second-order valence-corrected chi connectivity index (χ2v) is 5.92. The Labute approximate surface area is 126 Å². The Hall–Kier alpha value is -1.71. The fraction of sp³-hybridized carbons (Fsp3) is 0.588. The summed E-state index contributed by atoms with van der Waals surface area (Å²) in [6, 6.07) is 5.52. The molecule has 21 heavy (non-hydrogen) atoms. The van der Waals surface area contributed by atoms with Crippen LogP contribution in [-0.2, 0) is 0 Å². The molecule has 4 nitrogen and oxygen atoms in total.